The minimum atomic E-state index is -0.563. The second-order valence-electron chi connectivity index (χ2n) is 6.43. The number of carbonyl (C=O) groups excluding carboxylic acids is 1. The van der Waals surface area contributed by atoms with Gasteiger partial charge in [0.1, 0.15) is 0 Å². The minimum absolute atomic E-state index is 0.00854. The molecule has 0 saturated carbocycles. The molecule has 0 radical (unpaired) electrons. The highest BCUT2D eigenvalue weighted by molar-refractivity contribution is 5.81. The number of aliphatic hydroxyl groups excluding tert-OH is 1. The molecule has 118 valence electrons. The van der Waals surface area contributed by atoms with Gasteiger partial charge in [0.05, 0.1) is 11.5 Å². The quantitative estimate of drug-likeness (QED) is 0.722. The Morgan fingerprint density at radius 2 is 1.71 bits per heavy atom. The lowest BCUT2D eigenvalue weighted by Crippen LogP contribution is -2.42. The van der Waals surface area contributed by atoms with Crippen molar-refractivity contribution in [2.75, 3.05) is 20.1 Å². The van der Waals surface area contributed by atoms with Crippen LogP contribution < -0.4 is 10.6 Å². The van der Waals surface area contributed by atoms with Crippen LogP contribution in [0.2, 0.25) is 0 Å². The fraction of sp³-hybridized carbons (Fsp3) is 0.588. The molecule has 0 bridgehead atoms. The molecule has 0 spiro atoms. The van der Waals surface area contributed by atoms with E-state index in [-0.39, 0.29) is 5.91 Å². The van der Waals surface area contributed by atoms with Crippen LogP contribution in [0.1, 0.15) is 50.8 Å². The van der Waals surface area contributed by atoms with Crippen LogP contribution in [0.5, 0.6) is 0 Å². The molecule has 4 heteroatoms. The second-order valence-corrected chi connectivity index (χ2v) is 6.43. The number of hydrogen-bond acceptors (Lipinski definition) is 3. The van der Waals surface area contributed by atoms with E-state index in [0.29, 0.717) is 19.0 Å². The molecule has 3 N–H and O–H groups in total. The fourth-order valence-corrected chi connectivity index (χ4v) is 2.16. The molecule has 0 aliphatic rings. The van der Waals surface area contributed by atoms with Gasteiger partial charge in [-0.1, -0.05) is 38.1 Å². The molecule has 0 saturated heterocycles. The Morgan fingerprint density at radius 1 is 1.19 bits per heavy atom. The van der Waals surface area contributed by atoms with Crippen molar-refractivity contribution in [2.24, 2.45) is 5.41 Å². The number of rotatable bonds is 7. The zero-order valence-corrected chi connectivity index (χ0v) is 13.7. The van der Waals surface area contributed by atoms with Crippen LogP contribution >= 0.6 is 0 Å². The van der Waals surface area contributed by atoms with E-state index >= 15 is 0 Å². The Labute approximate surface area is 128 Å². The molecule has 1 amide bonds. The van der Waals surface area contributed by atoms with Crippen LogP contribution in [-0.2, 0) is 4.79 Å². The molecule has 1 aromatic carbocycles. The van der Waals surface area contributed by atoms with Gasteiger partial charge in [-0.2, -0.15) is 0 Å². The van der Waals surface area contributed by atoms with Crippen molar-refractivity contribution in [2.45, 2.75) is 39.7 Å². The lowest BCUT2D eigenvalue weighted by atomic mass is 9.92. The van der Waals surface area contributed by atoms with Gasteiger partial charge in [0.2, 0.25) is 5.91 Å². The minimum Gasteiger partial charge on any atom is -0.387 e. The number of hydrogen-bond donors (Lipinski definition) is 3. The molecule has 1 rings (SSSR count). The number of benzene rings is 1. The monoisotopic (exact) mass is 292 g/mol. The van der Waals surface area contributed by atoms with Crippen molar-refractivity contribution in [1.82, 2.24) is 10.6 Å². The maximum atomic E-state index is 11.7. The van der Waals surface area contributed by atoms with E-state index in [1.165, 1.54) is 5.56 Å². The van der Waals surface area contributed by atoms with E-state index in [9.17, 15) is 9.90 Å². The lowest BCUT2D eigenvalue weighted by molar-refractivity contribution is -0.128. The Balaban J connectivity index is 2.50. The van der Waals surface area contributed by atoms with Crippen molar-refractivity contribution in [3.05, 3.63) is 35.4 Å². The summed E-state index contributed by atoms with van der Waals surface area (Å²) in [4.78, 5) is 11.7. The molecule has 0 aliphatic heterocycles. The van der Waals surface area contributed by atoms with Crippen LogP contribution in [0, 0.1) is 5.41 Å². The molecule has 4 nitrogen and oxygen atoms in total. The summed E-state index contributed by atoms with van der Waals surface area (Å²) in [6, 6.07) is 8.03. The average Bonchev–Trinajstić information content (AvgIpc) is 2.46. The van der Waals surface area contributed by atoms with Crippen molar-refractivity contribution >= 4 is 5.91 Å². The summed E-state index contributed by atoms with van der Waals surface area (Å²) in [6.07, 6.45) is -0.563. The molecule has 0 aromatic heterocycles. The number of aliphatic hydroxyl groups is 1. The summed E-state index contributed by atoms with van der Waals surface area (Å²) in [5, 5.41) is 16.0. The summed E-state index contributed by atoms with van der Waals surface area (Å²) < 4.78 is 0. The van der Waals surface area contributed by atoms with Crippen LogP contribution in [0.15, 0.2) is 24.3 Å². The topological polar surface area (TPSA) is 61.4 Å². The van der Waals surface area contributed by atoms with Crippen molar-refractivity contribution in [1.29, 1.82) is 0 Å². The summed E-state index contributed by atoms with van der Waals surface area (Å²) >= 11 is 0. The first kappa shape index (κ1) is 17.7. The summed E-state index contributed by atoms with van der Waals surface area (Å²) in [6.45, 7) is 9.00. The van der Waals surface area contributed by atoms with Gasteiger partial charge in [-0.25, -0.2) is 0 Å². The van der Waals surface area contributed by atoms with E-state index in [2.05, 4.69) is 36.6 Å². The Kier molecular flexibility index (Phi) is 6.37. The highest BCUT2D eigenvalue weighted by Gasteiger charge is 2.26. The van der Waals surface area contributed by atoms with Crippen LogP contribution in [0.25, 0.3) is 0 Å². The molecule has 0 aliphatic carbocycles. The molecular weight excluding hydrogens is 264 g/mol. The number of amides is 1. The predicted molar refractivity (Wildman–Crippen MR) is 86.2 cm³/mol. The van der Waals surface area contributed by atoms with E-state index < -0.39 is 11.5 Å². The third-order valence-electron chi connectivity index (χ3n) is 3.73. The number of carbonyl (C=O) groups is 1. The zero-order valence-electron chi connectivity index (χ0n) is 13.7. The van der Waals surface area contributed by atoms with Gasteiger partial charge in [-0.15, -0.1) is 0 Å². The molecule has 21 heavy (non-hydrogen) atoms. The van der Waals surface area contributed by atoms with E-state index in [4.69, 9.17) is 0 Å². The third-order valence-corrected chi connectivity index (χ3v) is 3.73. The van der Waals surface area contributed by atoms with Crippen LogP contribution in [0.3, 0.4) is 0 Å². The summed E-state index contributed by atoms with van der Waals surface area (Å²) in [5.74, 6) is 0.480. The Hall–Kier alpha value is -1.39. The molecule has 1 atom stereocenters. The highest BCUT2D eigenvalue weighted by Crippen LogP contribution is 2.19. The maximum Gasteiger partial charge on any atom is 0.226 e. The second kappa shape index (κ2) is 7.57. The third kappa shape index (κ3) is 5.14. The summed E-state index contributed by atoms with van der Waals surface area (Å²) in [5.41, 5.74) is 1.67. The first-order valence-electron chi connectivity index (χ1n) is 7.48. The first-order chi connectivity index (χ1) is 9.77. The standard InChI is InChI=1S/C17H28N2O2/c1-12(2)13-6-8-14(9-7-13)15(20)10-19-11-17(3,4)16(21)18-5/h6-9,12,15,19-20H,10-11H2,1-5H3,(H,18,21). The molecule has 0 heterocycles. The van der Waals surface area contributed by atoms with Gasteiger partial charge >= 0.3 is 0 Å². The van der Waals surface area contributed by atoms with Gasteiger partial charge in [0.15, 0.2) is 0 Å². The SMILES string of the molecule is CNC(=O)C(C)(C)CNCC(O)c1ccc(C(C)C)cc1. The Bertz CT molecular complexity index is 452. The number of nitrogens with one attached hydrogen (secondary N) is 2. The summed E-state index contributed by atoms with van der Waals surface area (Å²) in [7, 11) is 1.63. The van der Waals surface area contributed by atoms with E-state index in [0.717, 1.165) is 5.56 Å². The van der Waals surface area contributed by atoms with Crippen molar-refractivity contribution in [3.63, 3.8) is 0 Å². The highest BCUT2D eigenvalue weighted by atomic mass is 16.3. The fourth-order valence-electron chi connectivity index (χ4n) is 2.16. The molecular formula is C17H28N2O2. The zero-order chi connectivity index (χ0) is 16.0. The van der Waals surface area contributed by atoms with Crippen LogP contribution in [-0.4, -0.2) is 31.2 Å². The largest absolute Gasteiger partial charge is 0.387 e. The first-order valence-corrected chi connectivity index (χ1v) is 7.48. The van der Waals surface area contributed by atoms with Crippen molar-refractivity contribution in [3.8, 4) is 0 Å². The van der Waals surface area contributed by atoms with Gasteiger partial charge in [0.25, 0.3) is 0 Å². The van der Waals surface area contributed by atoms with Gasteiger partial charge in [-0.3, -0.25) is 4.79 Å². The average molecular weight is 292 g/mol. The normalized spacial score (nSPS) is 13.3. The smallest absolute Gasteiger partial charge is 0.226 e. The molecule has 1 aromatic rings. The van der Waals surface area contributed by atoms with Gasteiger partial charge in [-0.05, 0) is 30.9 Å². The van der Waals surface area contributed by atoms with Crippen LogP contribution in [0.4, 0.5) is 0 Å². The van der Waals surface area contributed by atoms with Gasteiger partial charge in [0, 0.05) is 20.1 Å². The predicted octanol–water partition coefficient (Wildman–Crippen LogP) is 2.21. The maximum absolute atomic E-state index is 11.7. The van der Waals surface area contributed by atoms with E-state index in [1.54, 1.807) is 7.05 Å². The molecule has 1 unspecified atom stereocenters. The molecule has 0 fully saturated rings. The Morgan fingerprint density at radius 3 is 2.19 bits per heavy atom. The van der Waals surface area contributed by atoms with Gasteiger partial charge < -0.3 is 15.7 Å². The lowest BCUT2D eigenvalue weighted by Gasteiger charge is -2.24. The van der Waals surface area contributed by atoms with E-state index in [1.807, 2.05) is 26.0 Å². The van der Waals surface area contributed by atoms with Crippen molar-refractivity contribution < 1.29 is 9.90 Å².